The Labute approximate surface area is 121 Å². The number of likely N-dealkylation sites (N-methyl/N-ethyl adjacent to an activating group) is 1. The van der Waals surface area contributed by atoms with Crippen LogP contribution in [0.25, 0.3) is 10.8 Å². The van der Waals surface area contributed by atoms with Crippen molar-refractivity contribution in [2.24, 2.45) is 0 Å². The van der Waals surface area contributed by atoms with Crippen LogP contribution in [0.4, 0.5) is 5.82 Å². The van der Waals surface area contributed by atoms with E-state index in [0.29, 0.717) is 0 Å². The number of hydrogen-bond acceptors (Lipinski definition) is 3. The molecule has 0 saturated heterocycles. The van der Waals surface area contributed by atoms with Gasteiger partial charge in [-0.15, -0.1) is 6.58 Å². The van der Waals surface area contributed by atoms with Crippen LogP contribution >= 0.6 is 0 Å². The minimum atomic E-state index is 0.796. The van der Waals surface area contributed by atoms with Crippen LogP contribution in [0.2, 0.25) is 0 Å². The summed E-state index contributed by atoms with van der Waals surface area (Å²) < 4.78 is 0. The van der Waals surface area contributed by atoms with Gasteiger partial charge in [0, 0.05) is 31.7 Å². The van der Waals surface area contributed by atoms with Gasteiger partial charge in [0.05, 0.1) is 0 Å². The maximum absolute atomic E-state index is 4.64. The lowest BCUT2D eigenvalue weighted by Crippen LogP contribution is -2.19. The monoisotopic (exact) mass is 269 g/mol. The molecule has 1 N–H and O–H groups in total. The Hall–Kier alpha value is -1.87. The van der Waals surface area contributed by atoms with E-state index in [1.165, 1.54) is 16.3 Å². The summed E-state index contributed by atoms with van der Waals surface area (Å²) in [5.41, 5.74) is 1.25. The third-order valence-electron chi connectivity index (χ3n) is 3.36. The minimum absolute atomic E-state index is 0.796. The van der Waals surface area contributed by atoms with Gasteiger partial charge in [0.15, 0.2) is 0 Å². The molecular formula is C17H23N3. The van der Waals surface area contributed by atoms with Gasteiger partial charge >= 0.3 is 0 Å². The van der Waals surface area contributed by atoms with Crippen molar-refractivity contribution in [1.82, 2.24) is 10.3 Å². The Kier molecular flexibility index (Phi) is 5.13. The lowest BCUT2D eigenvalue weighted by molar-refractivity contribution is 0.676. The molecule has 1 aromatic heterocycles. The second kappa shape index (κ2) is 7.06. The van der Waals surface area contributed by atoms with E-state index in [1.807, 2.05) is 19.3 Å². The second-order valence-electron chi connectivity index (χ2n) is 5.00. The highest BCUT2D eigenvalue weighted by molar-refractivity contribution is 5.94. The molecule has 0 aliphatic carbocycles. The quantitative estimate of drug-likeness (QED) is 0.617. The molecular weight excluding hydrogens is 246 g/mol. The summed E-state index contributed by atoms with van der Waals surface area (Å²) in [6.07, 6.45) is 5.03. The third kappa shape index (κ3) is 3.17. The first-order chi connectivity index (χ1) is 9.77. The molecule has 0 radical (unpaired) electrons. The number of nitrogens with zero attached hydrogens (tertiary/aromatic N) is 2. The highest BCUT2D eigenvalue weighted by Gasteiger charge is 2.09. The first-order valence-electron chi connectivity index (χ1n) is 7.17. The fraction of sp³-hybridized carbons (Fsp3) is 0.353. The fourth-order valence-electron chi connectivity index (χ4n) is 2.36. The van der Waals surface area contributed by atoms with Crippen molar-refractivity contribution < 1.29 is 0 Å². The Bertz CT molecular complexity index is 577. The molecule has 20 heavy (non-hydrogen) atoms. The summed E-state index contributed by atoms with van der Waals surface area (Å²) in [7, 11) is 2.05. The number of fused-ring (bicyclic) bond motifs is 1. The van der Waals surface area contributed by atoms with Gasteiger partial charge in [-0.2, -0.15) is 0 Å². The van der Waals surface area contributed by atoms with E-state index < -0.39 is 0 Å². The van der Waals surface area contributed by atoms with Crippen LogP contribution < -0.4 is 10.2 Å². The molecule has 106 valence electrons. The Morgan fingerprint density at radius 3 is 2.75 bits per heavy atom. The number of nitrogens with one attached hydrogen (secondary N) is 1. The van der Waals surface area contributed by atoms with Crippen LogP contribution in [0, 0.1) is 0 Å². The molecule has 0 amide bonds. The molecule has 0 fully saturated rings. The SMILES string of the molecule is C=CCN(C)c1ncc(CNCCC)c2ccccc12. The van der Waals surface area contributed by atoms with Gasteiger partial charge in [0.25, 0.3) is 0 Å². The van der Waals surface area contributed by atoms with Gasteiger partial charge in [0.1, 0.15) is 5.82 Å². The smallest absolute Gasteiger partial charge is 0.136 e. The molecule has 0 spiro atoms. The van der Waals surface area contributed by atoms with Crippen molar-refractivity contribution >= 4 is 16.6 Å². The summed E-state index contributed by atoms with van der Waals surface area (Å²) in [5, 5.41) is 5.92. The van der Waals surface area contributed by atoms with Crippen molar-refractivity contribution in [3.05, 3.63) is 48.7 Å². The van der Waals surface area contributed by atoms with Crippen LogP contribution in [0.1, 0.15) is 18.9 Å². The van der Waals surface area contributed by atoms with Gasteiger partial charge in [-0.3, -0.25) is 0 Å². The van der Waals surface area contributed by atoms with Gasteiger partial charge in [-0.05, 0) is 23.9 Å². The largest absolute Gasteiger partial charge is 0.355 e. The van der Waals surface area contributed by atoms with Crippen LogP contribution in [0.5, 0.6) is 0 Å². The van der Waals surface area contributed by atoms with Crippen LogP contribution in [0.3, 0.4) is 0 Å². The van der Waals surface area contributed by atoms with E-state index in [1.54, 1.807) is 0 Å². The fourth-order valence-corrected chi connectivity index (χ4v) is 2.36. The second-order valence-corrected chi connectivity index (χ2v) is 5.00. The zero-order valence-electron chi connectivity index (χ0n) is 12.4. The van der Waals surface area contributed by atoms with Crippen LogP contribution in [0.15, 0.2) is 43.1 Å². The number of benzene rings is 1. The first kappa shape index (κ1) is 14.5. The van der Waals surface area contributed by atoms with E-state index >= 15 is 0 Å². The molecule has 0 bridgehead atoms. The van der Waals surface area contributed by atoms with Crippen LogP contribution in [-0.4, -0.2) is 25.1 Å². The number of rotatable bonds is 7. The number of aromatic nitrogens is 1. The predicted octanol–water partition coefficient (Wildman–Crippen LogP) is 3.36. The van der Waals surface area contributed by atoms with Crippen molar-refractivity contribution in [3.8, 4) is 0 Å². The zero-order valence-corrected chi connectivity index (χ0v) is 12.4. The van der Waals surface area contributed by atoms with E-state index in [-0.39, 0.29) is 0 Å². The Morgan fingerprint density at radius 1 is 1.30 bits per heavy atom. The van der Waals surface area contributed by atoms with Crippen molar-refractivity contribution in [2.45, 2.75) is 19.9 Å². The highest BCUT2D eigenvalue weighted by Crippen LogP contribution is 2.26. The van der Waals surface area contributed by atoms with E-state index in [0.717, 1.165) is 31.9 Å². The molecule has 0 atom stereocenters. The van der Waals surface area contributed by atoms with Crippen molar-refractivity contribution in [2.75, 3.05) is 25.0 Å². The maximum atomic E-state index is 4.64. The van der Waals surface area contributed by atoms with E-state index in [9.17, 15) is 0 Å². The molecule has 0 saturated carbocycles. The zero-order chi connectivity index (χ0) is 14.4. The predicted molar refractivity (Wildman–Crippen MR) is 87.2 cm³/mol. The maximum Gasteiger partial charge on any atom is 0.136 e. The van der Waals surface area contributed by atoms with Gasteiger partial charge < -0.3 is 10.2 Å². The summed E-state index contributed by atoms with van der Waals surface area (Å²) in [4.78, 5) is 6.77. The molecule has 0 aliphatic heterocycles. The molecule has 2 rings (SSSR count). The lowest BCUT2D eigenvalue weighted by atomic mass is 10.1. The Balaban J connectivity index is 2.38. The molecule has 1 aromatic carbocycles. The molecule has 2 aromatic rings. The van der Waals surface area contributed by atoms with E-state index in [2.05, 4.69) is 53.0 Å². The molecule has 1 heterocycles. The molecule has 0 unspecified atom stereocenters. The standard InChI is InChI=1S/C17H23N3/c1-4-10-18-12-14-13-19-17(20(3)11-5-2)16-9-7-6-8-15(14)16/h5-9,13,18H,2,4,10-12H2,1,3H3. The number of hydrogen-bond donors (Lipinski definition) is 1. The highest BCUT2D eigenvalue weighted by atomic mass is 15.2. The number of anilines is 1. The molecule has 3 heteroatoms. The van der Waals surface area contributed by atoms with Gasteiger partial charge in [-0.25, -0.2) is 4.98 Å². The Morgan fingerprint density at radius 2 is 2.05 bits per heavy atom. The van der Waals surface area contributed by atoms with Crippen molar-refractivity contribution in [1.29, 1.82) is 0 Å². The van der Waals surface area contributed by atoms with Gasteiger partial charge in [0.2, 0.25) is 0 Å². The lowest BCUT2D eigenvalue weighted by Gasteiger charge is -2.19. The van der Waals surface area contributed by atoms with Crippen LogP contribution in [-0.2, 0) is 6.54 Å². The van der Waals surface area contributed by atoms with Crippen molar-refractivity contribution in [3.63, 3.8) is 0 Å². The summed E-state index contributed by atoms with van der Waals surface area (Å²) in [6.45, 7) is 8.67. The average molecular weight is 269 g/mol. The summed E-state index contributed by atoms with van der Waals surface area (Å²) in [5.74, 6) is 1.01. The number of pyridine rings is 1. The first-order valence-corrected chi connectivity index (χ1v) is 7.17. The molecule has 3 nitrogen and oxygen atoms in total. The topological polar surface area (TPSA) is 28.2 Å². The normalized spacial score (nSPS) is 10.7. The summed E-state index contributed by atoms with van der Waals surface area (Å²) in [6, 6.07) is 8.47. The average Bonchev–Trinajstić information content (AvgIpc) is 2.48. The third-order valence-corrected chi connectivity index (χ3v) is 3.36. The summed E-state index contributed by atoms with van der Waals surface area (Å²) >= 11 is 0. The molecule has 0 aliphatic rings. The van der Waals surface area contributed by atoms with E-state index in [4.69, 9.17) is 0 Å². The minimum Gasteiger partial charge on any atom is -0.355 e. The van der Waals surface area contributed by atoms with Gasteiger partial charge in [-0.1, -0.05) is 37.3 Å².